The molecule has 0 unspecified atom stereocenters. The van der Waals surface area contributed by atoms with Crippen molar-refractivity contribution in [3.8, 4) is 5.75 Å². The average molecular weight is 405 g/mol. The van der Waals surface area contributed by atoms with Crippen LogP contribution in [0.5, 0.6) is 5.75 Å². The lowest BCUT2D eigenvalue weighted by Crippen LogP contribution is -2.48. The number of piperazine rings is 1. The second kappa shape index (κ2) is 9.16. The Hall–Kier alpha value is -2.17. The van der Waals surface area contributed by atoms with Crippen molar-refractivity contribution in [1.82, 2.24) is 4.90 Å². The fourth-order valence-corrected chi connectivity index (χ4v) is 3.36. The zero-order valence-corrected chi connectivity index (χ0v) is 16.7. The molecule has 1 fully saturated rings. The van der Waals surface area contributed by atoms with E-state index >= 15 is 0 Å². The molecule has 142 valence electrons. The number of hydrogen-bond acceptors (Lipinski definition) is 3. The van der Waals surface area contributed by atoms with Crippen LogP contribution in [0.1, 0.15) is 12.5 Å². The summed E-state index contributed by atoms with van der Waals surface area (Å²) in [6.07, 6.45) is 3.35. The summed E-state index contributed by atoms with van der Waals surface area (Å²) in [6, 6.07) is 13.3. The Kier molecular flexibility index (Phi) is 6.64. The van der Waals surface area contributed by atoms with E-state index in [1.165, 1.54) is 0 Å². The predicted octanol–water partition coefficient (Wildman–Crippen LogP) is 4.75. The fourth-order valence-electron chi connectivity index (χ4n) is 3.05. The molecule has 6 heteroatoms. The Morgan fingerprint density at radius 1 is 1.07 bits per heavy atom. The zero-order valence-electron chi connectivity index (χ0n) is 15.2. The lowest BCUT2D eigenvalue weighted by Gasteiger charge is -2.36. The molecule has 27 heavy (non-hydrogen) atoms. The van der Waals surface area contributed by atoms with E-state index in [2.05, 4.69) is 11.0 Å². The quantitative estimate of drug-likeness (QED) is 0.673. The third-order valence-corrected chi connectivity index (χ3v) is 5.20. The highest BCUT2D eigenvalue weighted by Crippen LogP contribution is 2.29. The van der Waals surface area contributed by atoms with Gasteiger partial charge in [0.15, 0.2) is 0 Å². The van der Waals surface area contributed by atoms with Crippen LogP contribution in [0.15, 0.2) is 48.5 Å². The van der Waals surface area contributed by atoms with Crippen molar-refractivity contribution in [2.45, 2.75) is 6.92 Å². The van der Waals surface area contributed by atoms with Crippen LogP contribution in [0, 0.1) is 0 Å². The van der Waals surface area contributed by atoms with Crippen molar-refractivity contribution in [3.05, 3.63) is 64.1 Å². The topological polar surface area (TPSA) is 32.8 Å². The Labute approximate surface area is 169 Å². The van der Waals surface area contributed by atoms with E-state index in [1.807, 2.05) is 36.1 Å². The van der Waals surface area contributed by atoms with E-state index in [-0.39, 0.29) is 5.91 Å². The van der Waals surface area contributed by atoms with Crippen LogP contribution >= 0.6 is 23.2 Å². The van der Waals surface area contributed by atoms with Gasteiger partial charge >= 0.3 is 0 Å². The number of nitrogens with zero attached hydrogens (tertiary/aromatic N) is 2. The summed E-state index contributed by atoms with van der Waals surface area (Å²) in [7, 11) is 0. The Bertz CT molecular complexity index is 831. The first-order valence-electron chi connectivity index (χ1n) is 8.97. The molecule has 4 nitrogen and oxygen atoms in total. The van der Waals surface area contributed by atoms with Gasteiger partial charge in [-0.2, -0.15) is 0 Å². The highest BCUT2D eigenvalue weighted by Gasteiger charge is 2.21. The van der Waals surface area contributed by atoms with Gasteiger partial charge in [0.2, 0.25) is 5.91 Å². The number of ether oxygens (including phenoxy) is 1. The maximum Gasteiger partial charge on any atom is 0.246 e. The number of anilines is 1. The molecule has 1 aliphatic heterocycles. The lowest BCUT2D eigenvalue weighted by molar-refractivity contribution is -0.126. The van der Waals surface area contributed by atoms with Crippen molar-refractivity contribution >= 4 is 40.9 Å². The smallest absolute Gasteiger partial charge is 0.246 e. The van der Waals surface area contributed by atoms with E-state index in [9.17, 15) is 4.79 Å². The van der Waals surface area contributed by atoms with Gasteiger partial charge in [-0.05, 0) is 42.8 Å². The number of benzene rings is 2. The van der Waals surface area contributed by atoms with Crippen LogP contribution in [-0.2, 0) is 4.79 Å². The number of amides is 1. The van der Waals surface area contributed by atoms with Crippen LogP contribution in [0.4, 0.5) is 5.69 Å². The predicted molar refractivity (Wildman–Crippen MR) is 112 cm³/mol. The van der Waals surface area contributed by atoms with Gasteiger partial charge in [-0.1, -0.05) is 41.4 Å². The first-order valence-corrected chi connectivity index (χ1v) is 9.73. The highest BCUT2D eigenvalue weighted by atomic mass is 35.5. The summed E-state index contributed by atoms with van der Waals surface area (Å²) >= 11 is 11.9. The van der Waals surface area contributed by atoms with Crippen molar-refractivity contribution in [2.24, 2.45) is 0 Å². The summed E-state index contributed by atoms with van der Waals surface area (Å²) in [5, 5.41) is 0.983. The van der Waals surface area contributed by atoms with E-state index < -0.39 is 0 Å². The SMILES string of the molecule is CCOc1ccccc1N1CCN(C(=O)/C=C/c2ccc(Cl)c(Cl)c2)CC1. The number of carbonyl (C=O) groups is 1. The lowest BCUT2D eigenvalue weighted by atomic mass is 10.2. The minimum Gasteiger partial charge on any atom is -0.492 e. The van der Waals surface area contributed by atoms with Crippen molar-refractivity contribution in [1.29, 1.82) is 0 Å². The maximum atomic E-state index is 12.5. The third kappa shape index (κ3) is 4.96. The van der Waals surface area contributed by atoms with Crippen molar-refractivity contribution in [2.75, 3.05) is 37.7 Å². The molecule has 0 N–H and O–H groups in total. The van der Waals surface area contributed by atoms with Crippen molar-refractivity contribution in [3.63, 3.8) is 0 Å². The minimum absolute atomic E-state index is 0.00110. The molecule has 3 rings (SSSR count). The van der Waals surface area contributed by atoms with Crippen LogP contribution in [0.3, 0.4) is 0 Å². The third-order valence-electron chi connectivity index (χ3n) is 4.46. The molecule has 0 bridgehead atoms. The number of hydrogen-bond donors (Lipinski definition) is 0. The summed E-state index contributed by atoms with van der Waals surface area (Å²) in [6.45, 7) is 5.51. The van der Waals surface area contributed by atoms with E-state index in [0.717, 1.165) is 30.1 Å². The van der Waals surface area contributed by atoms with E-state index in [1.54, 1.807) is 24.3 Å². The van der Waals surface area contributed by atoms with E-state index in [0.29, 0.717) is 29.7 Å². The van der Waals surface area contributed by atoms with Crippen LogP contribution < -0.4 is 9.64 Å². The van der Waals surface area contributed by atoms with Crippen LogP contribution in [0.25, 0.3) is 6.08 Å². The second-order valence-electron chi connectivity index (χ2n) is 6.22. The zero-order chi connectivity index (χ0) is 19.2. The van der Waals surface area contributed by atoms with Gasteiger partial charge in [0.25, 0.3) is 0 Å². The molecule has 0 spiro atoms. The molecule has 0 aromatic heterocycles. The number of rotatable bonds is 5. The van der Waals surface area contributed by atoms with Gasteiger partial charge in [-0.3, -0.25) is 4.79 Å². The molecule has 1 saturated heterocycles. The van der Waals surface area contributed by atoms with Crippen LogP contribution in [0.2, 0.25) is 10.0 Å². The fraction of sp³-hybridized carbons (Fsp3) is 0.286. The van der Waals surface area contributed by atoms with Crippen molar-refractivity contribution < 1.29 is 9.53 Å². The average Bonchev–Trinajstić information content (AvgIpc) is 2.69. The first-order chi connectivity index (χ1) is 13.1. The summed E-state index contributed by atoms with van der Waals surface area (Å²) in [4.78, 5) is 16.6. The normalized spacial score (nSPS) is 14.6. The molecule has 2 aromatic carbocycles. The summed E-state index contributed by atoms with van der Waals surface area (Å²) in [5.41, 5.74) is 1.93. The van der Waals surface area contributed by atoms with Crippen LogP contribution in [-0.4, -0.2) is 43.6 Å². The first kappa shape index (κ1) is 19.6. The summed E-state index contributed by atoms with van der Waals surface area (Å²) < 4.78 is 5.72. The van der Waals surface area contributed by atoms with E-state index in [4.69, 9.17) is 27.9 Å². The molecule has 0 aliphatic carbocycles. The molecular formula is C21H22Cl2N2O2. The number of halogens is 2. The van der Waals surface area contributed by atoms with Gasteiger partial charge in [-0.25, -0.2) is 0 Å². The molecule has 2 aromatic rings. The standard InChI is InChI=1S/C21H22Cl2N2O2/c1-2-27-20-6-4-3-5-19(20)24-11-13-25(14-12-24)21(26)10-8-16-7-9-17(22)18(23)15-16/h3-10,15H,2,11-14H2,1H3/b10-8+. The van der Waals surface area contributed by atoms with Gasteiger partial charge in [0.05, 0.1) is 22.3 Å². The Morgan fingerprint density at radius 3 is 2.52 bits per heavy atom. The number of carbonyl (C=O) groups excluding carboxylic acids is 1. The maximum absolute atomic E-state index is 12.5. The van der Waals surface area contributed by atoms with Gasteiger partial charge in [0, 0.05) is 32.3 Å². The molecule has 1 aliphatic rings. The minimum atomic E-state index is -0.00110. The molecule has 0 saturated carbocycles. The monoisotopic (exact) mass is 404 g/mol. The molecule has 0 radical (unpaired) electrons. The molecular weight excluding hydrogens is 383 g/mol. The van der Waals surface area contributed by atoms with Gasteiger partial charge in [0.1, 0.15) is 5.75 Å². The largest absolute Gasteiger partial charge is 0.492 e. The molecule has 1 heterocycles. The Balaban J connectivity index is 1.59. The van der Waals surface area contributed by atoms with Gasteiger partial charge < -0.3 is 14.5 Å². The summed E-state index contributed by atoms with van der Waals surface area (Å²) in [5.74, 6) is 0.887. The molecule has 0 atom stereocenters. The second-order valence-corrected chi connectivity index (χ2v) is 7.03. The highest BCUT2D eigenvalue weighted by molar-refractivity contribution is 6.42. The Morgan fingerprint density at radius 2 is 1.81 bits per heavy atom. The molecule has 1 amide bonds. The number of para-hydroxylation sites is 2. The van der Waals surface area contributed by atoms with Gasteiger partial charge in [-0.15, -0.1) is 0 Å².